The van der Waals surface area contributed by atoms with E-state index < -0.39 is 30.1 Å². The molecule has 1 unspecified atom stereocenters. The molecule has 0 spiro atoms. The Morgan fingerprint density at radius 1 is 1.14 bits per heavy atom. The Morgan fingerprint density at radius 3 is 2.43 bits per heavy atom. The minimum atomic E-state index is -4.47. The number of nitrogens with zero attached hydrogens (tertiary/aromatic N) is 7. The molecule has 0 radical (unpaired) electrons. The van der Waals surface area contributed by atoms with Gasteiger partial charge in [0.1, 0.15) is 30.0 Å². The molecule has 0 saturated carbocycles. The van der Waals surface area contributed by atoms with E-state index >= 15 is 0 Å². The van der Waals surface area contributed by atoms with Gasteiger partial charge < -0.3 is 14.6 Å². The van der Waals surface area contributed by atoms with Crippen LogP contribution < -0.4 is 9.80 Å². The third-order valence-electron chi connectivity index (χ3n) is 7.21. The van der Waals surface area contributed by atoms with E-state index in [1.807, 2.05) is 16.7 Å². The van der Waals surface area contributed by atoms with Crippen molar-refractivity contribution in [3.8, 4) is 0 Å². The monoisotopic (exact) mass is 525 g/mol. The van der Waals surface area contributed by atoms with Gasteiger partial charge in [0, 0.05) is 44.2 Å². The molecule has 13 heteroatoms. The van der Waals surface area contributed by atoms with Crippen LogP contribution in [0.15, 0.2) is 30.7 Å². The molecular formula is C24H28F5N7O. The molecule has 3 aromatic heterocycles. The summed E-state index contributed by atoms with van der Waals surface area (Å²) in [4.78, 5) is 28.5. The van der Waals surface area contributed by atoms with Gasteiger partial charge in [0.2, 0.25) is 0 Å². The first-order valence-corrected chi connectivity index (χ1v) is 12.0. The van der Waals surface area contributed by atoms with Gasteiger partial charge in [-0.25, -0.2) is 28.4 Å². The summed E-state index contributed by atoms with van der Waals surface area (Å²) in [5.41, 5.74) is -0.543. The van der Waals surface area contributed by atoms with E-state index in [4.69, 9.17) is 0 Å². The number of aldehydes is 1. The molecule has 4 heterocycles. The van der Waals surface area contributed by atoms with Crippen molar-refractivity contribution < 1.29 is 26.7 Å². The molecule has 1 saturated heterocycles. The third-order valence-corrected chi connectivity index (χ3v) is 7.21. The third kappa shape index (κ3) is 5.49. The van der Waals surface area contributed by atoms with Gasteiger partial charge in [-0.2, -0.15) is 18.3 Å². The first-order valence-electron chi connectivity index (χ1n) is 12.0. The fraction of sp³-hybridized carbons (Fsp3) is 0.542. The average Bonchev–Trinajstić information content (AvgIpc) is 3.26. The van der Waals surface area contributed by atoms with Gasteiger partial charge in [0.25, 0.3) is 6.43 Å². The van der Waals surface area contributed by atoms with Crippen LogP contribution in [-0.2, 0) is 17.5 Å². The minimum absolute atomic E-state index is 0.148. The molecule has 1 aliphatic heterocycles. The topological polar surface area (TPSA) is 80.0 Å². The summed E-state index contributed by atoms with van der Waals surface area (Å²) in [5.74, 6) is 0.935. The van der Waals surface area contributed by atoms with Crippen molar-refractivity contribution in [1.29, 1.82) is 0 Å². The molecule has 37 heavy (non-hydrogen) atoms. The summed E-state index contributed by atoms with van der Waals surface area (Å²) in [6.45, 7) is 2.49. The zero-order valence-corrected chi connectivity index (χ0v) is 20.5. The lowest BCUT2D eigenvalue weighted by atomic mass is 9.69. The fourth-order valence-electron chi connectivity index (χ4n) is 5.32. The molecule has 0 aliphatic carbocycles. The van der Waals surface area contributed by atoms with Crippen molar-refractivity contribution in [1.82, 2.24) is 24.7 Å². The normalized spacial score (nSPS) is 16.8. The maximum Gasteiger partial charge on any atom is 0.417 e. The van der Waals surface area contributed by atoms with E-state index in [0.29, 0.717) is 49.5 Å². The van der Waals surface area contributed by atoms with Crippen molar-refractivity contribution >= 4 is 29.1 Å². The van der Waals surface area contributed by atoms with Crippen molar-refractivity contribution in [2.45, 2.75) is 57.8 Å². The molecule has 3 aromatic rings. The number of pyridine rings is 1. The van der Waals surface area contributed by atoms with Gasteiger partial charge in [0.15, 0.2) is 5.65 Å². The molecule has 200 valence electrons. The Bertz CT molecular complexity index is 1210. The van der Waals surface area contributed by atoms with E-state index in [2.05, 4.69) is 20.1 Å². The van der Waals surface area contributed by atoms with E-state index in [1.165, 1.54) is 12.3 Å². The molecule has 1 fully saturated rings. The van der Waals surface area contributed by atoms with E-state index in [0.717, 1.165) is 23.2 Å². The molecule has 0 N–H and O–H groups in total. The number of halogens is 5. The Balaban J connectivity index is 1.54. The SMILES string of the molecule is CCC(N(C)c1ccc(C(F)(F)F)cn1)C1(CC=O)CCN(c2cnc3cnn(CC(F)F)c3n2)CC1. The number of rotatable bonds is 9. The number of piperidine rings is 1. The summed E-state index contributed by atoms with van der Waals surface area (Å²) in [7, 11) is 1.78. The van der Waals surface area contributed by atoms with E-state index in [9.17, 15) is 26.7 Å². The van der Waals surface area contributed by atoms with Gasteiger partial charge in [0.05, 0.1) is 18.0 Å². The van der Waals surface area contributed by atoms with Crippen LogP contribution in [0, 0.1) is 5.41 Å². The zero-order chi connectivity index (χ0) is 26.8. The lowest BCUT2D eigenvalue weighted by Crippen LogP contribution is -2.52. The van der Waals surface area contributed by atoms with Crippen molar-refractivity contribution in [3.63, 3.8) is 0 Å². The second-order valence-corrected chi connectivity index (χ2v) is 9.31. The number of anilines is 2. The predicted molar refractivity (Wildman–Crippen MR) is 128 cm³/mol. The number of aromatic nitrogens is 5. The molecule has 0 bridgehead atoms. The first kappa shape index (κ1) is 26.7. The molecule has 0 aromatic carbocycles. The van der Waals surface area contributed by atoms with Crippen LogP contribution in [0.2, 0.25) is 0 Å². The van der Waals surface area contributed by atoms with E-state index in [1.54, 1.807) is 13.2 Å². The highest BCUT2D eigenvalue weighted by Gasteiger charge is 2.43. The second kappa shape index (κ2) is 10.5. The Morgan fingerprint density at radius 2 is 1.86 bits per heavy atom. The molecular weight excluding hydrogens is 497 g/mol. The summed E-state index contributed by atoms with van der Waals surface area (Å²) in [6.07, 6.45) is -0.172. The van der Waals surface area contributed by atoms with Crippen LogP contribution in [0.5, 0.6) is 0 Å². The number of alkyl halides is 5. The van der Waals surface area contributed by atoms with Crippen molar-refractivity contribution in [2.24, 2.45) is 5.41 Å². The lowest BCUT2D eigenvalue weighted by molar-refractivity contribution is -0.137. The Kier molecular flexibility index (Phi) is 7.60. The van der Waals surface area contributed by atoms with Gasteiger partial charge in [-0.05, 0) is 31.4 Å². The smallest absolute Gasteiger partial charge is 0.356 e. The van der Waals surface area contributed by atoms with Crippen molar-refractivity contribution in [3.05, 3.63) is 36.3 Å². The van der Waals surface area contributed by atoms with E-state index in [-0.39, 0.29) is 18.1 Å². The highest BCUT2D eigenvalue weighted by Crippen LogP contribution is 2.43. The van der Waals surface area contributed by atoms with Gasteiger partial charge in [-0.3, -0.25) is 0 Å². The summed E-state index contributed by atoms with van der Waals surface area (Å²) < 4.78 is 65.9. The predicted octanol–water partition coefficient (Wildman–Crippen LogP) is 4.60. The number of hydrogen-bond donors (Lipinski definition) is 0. The molecule has 8 nitrogen and oxygen atoms in total. The Labute approximate surface area is 210 Å². The minimum Gasteiger partial charge on any atom is -0.356 e. The quantitative estimate of drug-likeness (QED) is 0.299. The number of hydrogen-bond acceptors (Lipinski definition) is 7. The van der Waals surface area contributed by atoms with Crippen LogP contribution >= 0.6 is 0 Å². The maximum atomic E-state index is 13.0. The highest BCUT2D eigenvalue weighted by atomic mass is 19.4. The molecule has 1 atom stereocenters. The average molecular weight is 526 g/mol. The zero-order valence-electron chi connectivity index (χ0n) is 20.5. The maximum absolute atomic E-state index is 13.0. The van der Waals surface area contributed by atoms with Crippen molar-refractivity contribution in [2.75, 3.05) is 29.9 Å². The number of carbonyl (C=O) groups excluding carboxylic acids is 1. The second-order valence-electron chi connectivity index (χ2n) is 9.31. The molecule has 1 aliphatic rings. The highest BCUT2D eigenvalue weighted by molar-refractivity contribution is 5.71. The van der Waals surface area contributed by atoms with Crippen LogP contribution in [0.1, 0.15) is 38.2 Å². The Hall–Kier alpha value is -3.38. The fourth-order valence-corrected chi connectivity index (χ4v) is 5.32. The van der Waals surface area contributed by atoms with Crippen LogP contribution in [0.25, 0.3) is 11.2 Å². The van der Waals surface area contributed by atoms with Gasteiger partial charge >= 0.3 is 6.18 Å². The van der Waals surface area contributed by atoms with Gasteiger partial charge in [-0.15, -0.1) is 0 Å². The molecule has 4 rings (SSSR count). The summed E-state index contributed by atoms with van der Waals surface area (Å²) in [6, 6.07) is 2.21. The standard InChI is InChI=1S/C24H28F5N7O/c1-3-18(34(2)20-5-4-16(12-31-20)24(27,28)29)23(8-11-37)6-9-35(10-7-23)21-14-30-17-13-32-36(15-19(25)26)22(17)33-21/h4-5,11-14,18-19H,3,6-10,15H2,1-2H3. The van der Waals surface area contributed by atoms with Crippen LogP contribution in [0.4, 0.5) is 33.6 Å². The summed E-state index contributed by atoms with van der Waals surface area (Å²) in [5, 5.41) is 3.95. The molecule has 0 amide bonds. The van der Waals surface area contributed by atoms with Crippen LogP contribution in [-0.4, -0.2) is 63.6 Å². The van der Waals surface area contributed by atoms with Gasteiger partial charge in [-0.1, -0.05) is 6.92 Å². The number of fused-ring (bicyclic) bond motifs is 1. The largest absolute Gasteiger partial charge is 0.417 e. The number of carbonyl (C=O) groups is 1. The van der Waals surface area contributed by atoms with Crippen LogP contribution in [0.3, 0.4) is 0 Å². The lowest BCUT2D eigenvalue weighted by Gasteiger charge is -2.49. The first-order chi connectivity index (χ1) is 17.6. The summed E-state index contributed by atoms with van der Waals surface area (Å²) >= 11 is 0.